The summed E-state index contributed by atoms with van der Waals surface area (Å²) in [6.07, 6.45) is -0.0705. The predicted molar refractivity (Wildman–Crippen MR) is 62.9 cm³/mol. The molecule has 0 bridgehead atoms. The van der Waals surface area contributed by atoms with Gasteiger partial charge >= 0.3 is 5.97 Å². The highest BCUT2D eigenvalue weighted by Crippen LogP contribution is 2.24. The summed E-state index contributed by atoms with van der Waals surface area (Å²) in [5.41, 5.74) is 0.504. The van der Waals surface area contributed by atoms with Crippen LogP contribution in [0.15, 0.2) is 35.1 Å². The van der Waals surface area contributed by atoms with Crippen LogP contribution in [0.3, 0.4) is 0 Å². The molecule has 0 radical (unpaired) electrons. The fourth-order valence-corrected chi connectivity index (χ4v) is 1.61. The molecule has 0 aliphatic rings. The van der Waals surface area contributed by atoms with E-state index >= 15 is 0 Å². The van der Waals surface area contributed by atoms with E-state index in [-0.39, 0.29) is 17.9 Å². The van der Waals surface area contributed by atoms with Gasteiger partial charge in [0.25, 0.3) is 0 Å². The van der Waals surface area contributed by atoms with E-state index in [1.807, 2.05) is 0 Å². The van der Waals surface area contributed by atoms with Gasteiger partial charge in [-0.1, -0.05) is 17.3 Å². The number of esters is 1. The van der Waals surface area contributed by atoms with Crippen LogP contribution in [0.2, 0.25) is 0 Å². The molecule has 5 nitrogen and oxygen atoms in total. The quantitative estimate of drug-likeness (QED) is 0.857. The minimum Gasteiger partial charge on any atom is -0.462 e. The van der Waals surface area contributed by atoms with Gasteiger partial charge in [-0.15, -0.1) is 0 Å². The van der Waals surface area contributed by atoms with E-state index in [1.165, 1.54) is 24.3 Å². The third kappa shape index (κ3) is 2.79. The maximum atomic E-state index is 12.8. The van der Waals surface area contributed by atoms with Crippen molar-refractivity contribution in [2.75, 3.05) is 6.61 Å². The number of nitrogens with zero attached hydrogens (tertiary/aromatic N) is 1. The number of carbonyl (C=O) groups is 1. The molecule has 1 aromatic carbocycles. The van der Waals surface area contributed by atoms with Gasteiger partial charge in [-0.2, -0.15) is 0 Å². The maximum absolute atomic E-state index is 12.8. The molecule has 1 unspecified atom stereocenters. The molecule has 0 saturated heterocycles. The van der Waals surface area contributed by atoms with Crippen molar-refractivity contribution in [3.8, 4) is 0 Å². The first-order chi connectivity index (χ1) is 9.13. The van der Waals surface area contributed by atoms with Gasteiger partial charge in [-0.05, 0) is 24.6 Å². The van der Waals surface area contributed by atoms with E-state index in [0.717, 1.165) is 6.26 Å². The summed E-state index contributed by atoms with van der Waals surface area (Å²) in [5, 5.41) is 13.7. The molecule has 1 heterocycles. The largest absolute Gasteiger partial charge is 0.462 e. The Morgan fingerprint density at radius 3 is 2.79 bits per heavy atom. The number of carbonyl (C=O) groups excluding carboxylic acids is 1. The van der Waals surface area contributed by atoms with E-state index in [9.17, 15) is 14.3 Å². The van der Waals surface area contributed by atoms with Crippen LogP contribution in [0.4, 0.5) is 4.39 Å². The van der Waals surface area contributed by atoms with Crippen molar-refractivity contribution in [2.45, 2.75) is 13.0 Å². The fourth-order valence-electron chi connectivity index (χ4n) is 1.61. The lowest BCUT2D eigenvalue weighted by molar-refractivity contribution is 0.0520. The third-order valence-electron chi connectivity index (χ3n) is 2.54. The van der Waals surface area contributed by atoms with Crippen molar-refractivity contribution in [2.24, 2.45) is 0 Å². The van der Waals surface area contributed by atoms with Gasteiger partial charge in [0.05, 0.1) is 6.61 Å². The summed E-state index contributed by atoms with van der Waals surface area (Å²) in [6.45, 7) is 1.87. The Hall–Kier alpha value is -2.21. The number of hydrogen-bond donors (Lipinski definition) is 1. The zero-order valence-electron chi connectivity index (χ0n) is 10.2. The number of benzene rings is 1. The third-order valence-corrected chi connectivity index (χ3v) is 2.54. The van der Waals surface area contributed by atoms with Crippen molar-refractivity contribution >= 4 is 5.97 Å². The minimum absolute atomic E-state index is 0.0464. The number of aromatic nitrogens is 1. The Balaban J connectivity index is 2.29. The molecule has 100 valence electrons. The van der Waals surface area contributed by atoms with Crippen molar-refractivity contribution in [3.05, 3.63) is 53.2 Å². The molecule has 1 aromatic heterocycles. The first kappa shape index (κ1) is 13.2. The first-order valence-electron chi connectivity index (χ1n) is 5.68. The lowest BCUT2D eigenvalue weighted by atomic mass is 10.0. The van der Waals surface area contributed by atoms with Gasteiger partial charge in [0.1, 0.15) is 29.4 Å². The summed E-state index contributed by atoms with van der Waals surface area (Å²) in [4.78, 5) is 11.6. The SMILES string of the molecule is CCOC(=O)c1conc1C(O)c1ccc(F)cc1. The molecule has 0 amide bonds. The highest BCUT2D eigenvalue weighted by Gasteiger charge is 2.24. The van der Waals surface area contributed by atoms with E-state index in [4.69, 9.17) is 9.26 Å². The van der Waals surface area contributed by atoms with E-state index < -0.39 is 17.9 Å². The smallest absolute Gasteiger partial charge is 0.343 e. The number of hydrogen-bond acceptors (Lipinski definition) is 5. The monoisotopic (exact) mass is 265 g/mol. The van der Waals surface area contributed by atoms with E-state index in [1.54, 1.807) is 6.92 Å². The summed E-state index contributed by atoms with van der Waals surface area (Å²) < 4.78 is 22.3. The number of aliphatic hydroxyl groups excluding tert-OH is 1. The van der Waals surface area contributed by atoms with Gasteiger partial charge in [0, 0.05) is 0 Å². The number of rotatable bonds is 4. The maximum Gasteiger partial charge on any atom is 0.343 e. The Morgan fingerprint density at radius 2 is 2.16 bits per heavy atom. The molecule has 0 fully saturated rings. The van der Waals surface area contributed by atoms with Crippen LogP contribution in [0, 0.1) is 5.82 Å². The summed E-state index contributed by atoms with van der Waals surface area (Å²) in [6, 6.07) is 5.23. The Morgan fingerprint density at radius 1 is 1.47 bits per heavy atom. The summed E-state index contributed by atoms with van der Waals surface area (Å²) in [7, 11) is 0. The molecule has 2 rings (SSSR count). The van der Waals surface area contributed by atoms with Crippen LogP contribution < -0.4 is 0 Å². The molecule has 0 spiro atoms. The lowest BCUT2D eigenvalue weighted by Crippen LogP contribution is -2.10. The molecule has 19 heavy (non-hydrogen) atoms. The van der Waals surface area contributed by atoms with Crippen molar-refractivity contribution in [1.29, 1.82) is 0 Å². The minimum atomic E-state index is -1.18. The zero-order valence-corrected chi connectivity index (χ0v) is 10.2. The van der Waals surface area contributed by atoms with Gasteiger partial charge in [0.15, 0.2) is 0 Å². The van der Waals surface area contributed by atoms with Gasteiger partial charge in [0.2, 0.25) is 0 Å². The van der Waals surface area contributed by atoms with Gasteiger partial charge in [-0.3, -0.25) is 0 Å². The average molecular weight is 265 g/mol. The molecule has 2 aromatic rings. The summed E-state index contributed by atoms with van der Waals surface area (Å²) >= 11 is 0. The van der Waals surface area contributed by atoms with Crippen LogP contribution in [0.5, 0.6) is 0 Å². The van der Waals surface area contributed by atoms with Crippen molar-refractivity contribution < 1.29 is 23.6 Å². The van der Waals surface area contributed by atoms with Crippen LogP contribution in [0.25, 0.3) is 0 Å². The molecule has 0 aliphatic heterocycles. The number of aliphatic hydroxyl groups is 1. The molecular formula is C13H12FNO4. The Kier molecular flexibility index (Phi) is 3.91. The predicted octanol–water partition coefficient (Wildman–Crippen LogP) is 2.07. The molecule has 0 aliphatic carbocycles. The van der Waals surface area contributed by atoms with Crippen LogP contribution in [-0.4, -0.2) is 22.8 Å². The topological polar surface area (TPSA) is 72.6 Å². The second-order valence-corrected chi connectivity index (χ2v) is 3.79. The standard InChI is InChI=1S/C13H12FNO4/c1-2-18-13(17)10-7-19-15-11(10)12(16)8-3-5-9(14)6-4-8/h3-7,12,16H,2H2,1H3. The lowest BCUT2D eigenvalue weighted by Gasteiger charge is -2.09. The molecule has 0 saturated carbocycles. The summed E-state index contributed by atoms with van der Waals surface area (Å²) in [5.74, 6) is -1.04. The van der Waals surface area contributed by atoms with E-state index in [2.05, 4.69) is 5.16 Å². The molecule has 6 heteroatoms. The highest BCUT2D eigenvalue weighted by atomic mass is 19.1. The normalized spacial score (nSPS) is 12.2. The second-order valence-electron chi connectivity index (χ2n) is 3.79. The highest BCUT2D eigenvalue weighted by molar-refractivity contribution is 5.90. The zero-order chi connectivity index (χ0) is 13.8. The van der Waals surface area contributed by atoms with E-state index in [0.29, 0.717) is 5.56 Å². The fraction of sp³-hybridized carbons (Fsp3) is 0.231. The molecular weight excluding hydrogens is 253 g/mol. The second kappa shape index (κ2) is 5.62. The van der Waals surface area contributed by atoms with Crippen molar-refractivity contribution in [1.82, 2.24) is 5.16 Å². The van der Waals surface area contributed by atoms with Crippen LogP contribution in [-0.2, 0) is 4.74 Å². The number of halogens is 1. The molecule has 1 N–H and O–H groups in total. The van der Waals surface area contributed by atoms with Crippen molar-refractivity contribution in [3.63, 3.8) is 0 Å². The first-order valence-corrected chi connectivity index (χ1v) is 5.68. The molecule has 1 atom stereocenters. The van der Waals surface area contributed by atoms with Gasteiger partial charge < -0.3 is 14.4 Å². The Bertz CT molecular complexity index is 564. The van der Waals surface area contributed by atoms with Crippen LogP contribution >= 0.6 is 0 Å². The number of ether oxygens (including phenoxy) is 1. The van der Waals surface area contributed by atoms with Gasteiger partial charge in [-0.25, -0.2) is 9.18 Å². The average Bonchev–Trinajstić information content (AvgIpc) is 2.88. The Labute approximate surface area is 108 Å². The van der Waals surface area contributed by atoms with Crippen LogP contribution in [0.1, 0.15) is 34.6 Å².